The Labute approximate surface area is 115 Å². The van der Waals surface area contributed by atoms with E-state index in [1.807, 2.05) is 26.0 Å². The standard InChI is InChI=1S/C15H24N2O2/c1-10(2)18-15-6-13(16)5-14(7-15)17-8-11(3)19-12(4)9-17/h5-7,10-12H,8-9,16H2,1-4H3. The van der Waals surface area contributed by atoms with E-state index < -0.39 is 0 Å². The van der Waals surface area contributed by atoms with Crippen molar-refractivity contribution in [1.29, 1.82) is 0 Å². The highest BCUT2D eigenvalue weighted by Crippen LogP contribution is 2.28. The van der Waals surface area contributed by atoms with Crippen LogP contribution < -0.4 is 15.4 Å². The molecule has 0 saturated carbocycles. The van der Waals surface area contributed by atoms with Gasteiger partial charge in [0.25, 0.3) is 0 Å². The van der Waals surface area contributed by atoms with Gasteiger partial charge in [0.2, 0.25) is 0 Å². The lowest BCUT2D eigenvalue weighted by atomic mass is 10.2. The Morgan fingerprint density at radius 2 is 1.84 bits per heavy atom. The van der Waals surface area contributed by atoms with Gasteiger partial charge in [-0.05, 0) is 33.8 Å². The summed E-state index contributed by atoms with van der Waals surface area (Å²) in [7, 11) is 0. The summed E-state index contributed by atoms with van der Waals surface area (Å²) >= 11 is 0. The monoisotopic (exact) mass is 264 g/mol. The molecule has 1 aromatic carbocycles. The van der Waals surface area contributed by atoms with Crippen molar-refractivity contribution in [3.8, 4) is 5.75 Å². The van der Waals surface area contributed by atoms with Crippen LogP contribution in [0.25, 0.3) is 0 Å². The number of hydrogen-bond acceptors (Lipinski definition) is 4. The third-order valence-corrected chi connectivity index (χ3v) is 3.07. The molecule has 0 aliphatic carbocycles. The van der Waals surface area contributed by atoms with Gasteiger partial charge in [0.05, 0.1) is 18.3 Å². The fourth-order valence-corrected chi connectivity index (χ4v) is 2.52. The molecule has 2 rings (SSSR count). The molecule has 1 saturated heterocycles. The first-order chi connectivity index (χ1) is 8.94. The Morgan fingerprint density at radius 1 is 1.21 bits per heavy atom. The van der Waals surface area contributed by atoms with Crippen molar-refractivity contribution in [2.75, 3.05) is 23.7 Å². The smallest absolute Gasteiger partial charge is 0.123 e. The Bertz CT molecular complexity index is 424. The second-order valence-corrected chi connectivity index (χ2v) is 5.59. The number of rotatable bonds is 3. The van der Waals surface area contributed by atoms with Crippen molar-refractivity contribution in [1.82, 2.24) is 0 Å². The fourth-order valence-electron chi connectivity index (χ4n) is 2.52. The van der Waals surface area contributed by atoms with Gasteiger partial charge in [-0.3, -0.25) is 0 Å². The first-order valence-electron chi connectivity index (χ1n) is 6.91. The van der Waals surface area contributed by atoms with Gasteiger partial charge in [-0.2, -0.15) is 0 Å². The maximum absolute atomic E-state index is 5.97. The molecule has 19 heavy (non-hydrogen) atoms. The lowest BCUT2D eigenvalue weighted by Crippen LogP contribution is -2.45. The average Bonchev–Trinajstić information content (AvgIpc) is 2.25. The van der Waals surface area contributed by atoms with Gasteiger partial charge >= 0.3 is 0 Å². The zero-order chi connectivity index (χ0) is 14.0. The van der Waals surface area contributed by atoms with Gasteiger partial charge in [0.15, 0.2) is 0 Å². The molecule has 0 spiro atoms. The molecule has 0 aromatic heterocycles. The summed E-state index contributed by atoms with van der Waals surface area (Å²) in [4.78, 5) is 2.31. The van der Waals surface area contributed by atoms with E-state index in [0.717, 1.165) is 30.2 Å². The molecule has 0 bridgehead atoms. The van der Waals surface area contributed by atoms with Crippen molar-refractivity contribution < 1.29 is 9.47 Å². The van der Waals surface area contributed by atoms with E-state index in [1.165, 1.54) is 0 Å². The van der Waals surface area contributed by atoms with Crippen LogP contribution in [0.5, 0.6) is 5.75 Å². The van der Waals surface area contributed by atoms with Crippen molar-refractivity contribution in [3.05, 3.63) is 18.2 Å². The van der Waals surface area contributed by atoms with E-state index in [2.05, 4.69) is 24.8 Å². The third kappa shape index (κ3) is 3.77. The van der Waals surface area contributed by atoms with E-state index >= 15 is 0 Å². The van der Waals surface area contributed by atoms with Crippen LogP contribution in [0.3, 0.4) is 0 Å². The van der Waals surface area contributed by atoms with E-state index in [0.29, 0.717) is 0 Å². The molecule has 0 amide bonds. The second-order valence-electron chi connectivity index (χ2n) is 5.59. The molecule has 2 unspecified atom stereocenters. The molecule has 2 N–H and O–H groups in total. The van der Waals surface area contributed by atoms with E-state index in [-0.39, 0.29) is 18.3 Å². The van der Waals surface area contributed by atoms with Crippen LogP contribution in [0.1, 0.15) is 27.7 Å². The number of benzene rings is 1. The number of morpholine rings is 1. The van der Waals surface area contributed by atoms with E-state index in [9.17, 15) is 0 Å². The second kappa shape index (κ2) is 5.70. The number of nitrogens with two attached hydrogens (primary N) is 1. The summed E-state index contributed by atoms with van der Waals surface area (Å²) in [5.74, 6) is 0.830. The topological polar surface area (TPSA) is 47.7 Å². The summed E-state index contributed by atoms with van der Waals surface area (Å²) in [6.07, 6.45) is 0.622. The minimum Gasteiger partial charge on any atom is -0.491 e. The van der Waals surface area contributed by atoms with Gasteiger partial charge < -0.3 is 20.1 Å². The first kappa shape index (κ1) is 14.0. The molecular formula is C15H24N2O2. The average molecular weight is 264 g/mol. The molecule has 1 aromatic rings. The normalized spacial score (nSPS) is 23.7. The number of nitrogen functional groups attached to an aromatic ring is 1. The Hall–Kier alpha value is -1.42. The van der Waals surface area contributed by atoms with Gasteiger partial charge in [-0.1, -0.05) is 0 Å². The van der Waals surface area contributed by atoms with Crippen molar-refractivity contribution in [2.45, 2.75) is 46.0 Å². The van der Waals surface area contributed by atoms with E-state index in [1.54, 1.807) is 0 Å². The van der Waals surface area contributed by atoms with Gasteiger partial charge in [0.1, 0.15) is 5.75 Å². The molecule has 1 aliphatic rings. The van der Waals surface area contributed by atoms with Gasteiger partial charge in [0, 0.05) is 36.6 Å². The van der Waals surface area contributed by atoms with E-state index in [4.69, 9.17) is 15.2 Å². The highest BCUT2D eigenvalue weighted by atomic mass is 16.5. The molecule has 1 heterocycles. The van der Waals surface area contributed by atoms with Crippen LogP contribution in [-0.2, 0) is 4.74 Å². The minimum atomic E-state index is 0.150. The van der Waals surface area contributed by atoms with Crippen molar-refractivity contribution in [3.63, 3.8) is 0 Å². The summed E-state index contributed by atoms with van der Waals surface area (Å²) < 4.78 is 11.5. The maximum atomic E-state index is 5.97. The summed E-state index contributed by atoms with van der Waals surface area (Å²) in [5.41, 5.74) is 7.82. The SMILES string of the molecule is CC(C)Oc1cc(N)cc(N2CC(C)OC(C)C2)c1. The van der Waals surface area contributed by atoms with Crippen LogP contribution in [0.15, 0.2) is 18.2 Å². The molecule has 4 heteroatoms. The molecule has 2 atom stereocenters. The number of ether oxygens (including phenoxy) is 2. The Morgan fingerprint density at radius 3 is 2.42 bits per heavy atom. The third-order valence-electron chi connectivity index (χ3n) is 3.07. The number of nitrogens with zero attached hydrogens (tertiary/aromatic N) is 1. The molecule has 106 valence electrons. The molecule has 1 aliphatic heterocycles. The van der Waals surface area contributed by atoms with Crippen molar-refractivity contribution >= 4 is 11.4 Å². The highest BCUT2D eigenvalue weighted by molar-refractivity contribution is 5.61. The minimum absolute atomic E-state index is 0.150. The van der Waals surface area contributed by atoms with Crippen LogP contribution in [0.4, 0.5) is 11.4 Å². The van der Waals surface area contributed by atoms with Crippen LogP contribution in [0, 0.1) is 0 Å². The van der Waals surface area contributed by atoms with Gasteiger partial charge in [-0.25, -0.2) is 0 Å². The molecular weight excluding hydrogens is 240 g/mol. The largest absolute Gasteiger partial charge is 0.491 e. The Balaban J connectivity index is 2.21. The molecule has 4 nitrogen and oxygen atoms in total. The maximum Gasteiger partial charge on any atom is 0.123 e. The predicted molar refractivity (Wildman–Crippen MR) is 78.8 cm³/mol. The molecule has 1 fully saturated rings. The zero-order valence-corrected chi connectivity index (χ0v) is 12.2. The van der Waals surface area contributed by atoms with Gasteiger partial charge in [-0.15, -0.1) is 0 Å². The van der Waals surface area contributed by atoms with Crippen molar-refractivity contribution in [2.24, 2.45) is 0 Å². The lowest BCUT2D eigenvalue weighted by molar-refractivity contribution is -0.00523. The van der Waals surface area contributed by atoms with Crippen LogP contribution in [-0.4, -0.2) is 31.4 Å². The molecule has 0 radical (unpaired) electrons. The summed E-state index contributed by atoms with van der Waals surface area (Å²) in [6.45, 7) is 9.99. The zero-order valence-electron chi connectivity index (χ0n) is 12.2. The lowest BCUT2D eigenvalue weighted by Gasteiger charge is -2.37. The van der Waals surface area contributed by atoms with Crippen LogP contribution >= 0.6 is 0 Å². The summed E-state index contributed by atoms with van der Waals surface area (Å²) in [6, 6.07) is 5.93. The quantitative estimate of drug-likeness (QED) is 0.853. The highest BCUT2D eigenvalue weighted by Gasteiger charge is 2.22. The summed E-state index contributed by atoms with van der Waals surface area (Å²) in [5, 5.41) is 0. The Kier molecular flexibility index (Phi) is 4.20. The fraction of sp³-hybridized carbons (Fsp3) is 0.600. The number of hydrogen-bond donors (Lipinski definition) is 1. The predicted octanol–water partition coefficient (Wildman–Crippen LogP) is 2.67. The van der Waals surface area contributed by atoms with Crippen LogP contribution in [0.2, 0.25) is 0 Å². The number of anilines is 2. The first-order valence-corrected chi connectivity index (χ1v) is 6.91.